The number of fused-ring (bicyclic) bond motifs is 1. The van der Waals surface area contributed by atoms with Gasteiger partial charge in [0, 0.05) is 26.2 Å². The van der Waals surface area contributed by atoms with Gasteiger partial charge in [-0.05, 0) is 30.9 Å². The molecule has 1 unspecified atom stereocenters. The van der Waals surface area contributed by atoms with Crippen LogP contribution < -0.4 is 0 Å². The summed E-state index contributed by atoms with van der Waals surface area (Å²) >= 11 is 0. The number of hydrogen-bond acceptors (Lipinski definition) is 3. The van der Waals surface area contributed by atoms with Crippen LogP contribution in [0.3, 0.4) is 0 Å². The molecule has 114 valence electrons. The van der Waals surface area contributed by atoms with E-state index >= 15 is 0 Å². The number of ether oxygens (including phenoxy) is 1. The van der Waals surface area contributed by atoms with E-state index in [0.717, 1.165) is 11.1 Å². The lowest BCUT2D eigenvalue weighted by Crippen LogP contribution is -2.43. The maximum atomic E-state index is 12.3. The highest BCUT2D eigenvalue weighted by Crippen LogP contribution is 2.30. The lowest BCUT2D eigenvalue weighted by Gasteiger charge is -2.34. The minimum absolute atomic E-state index is 0.114. The first-order valence-corrected chi connectivity index (χ1v) is 7.33. The third-order valence-corrected chi connectivity index (χ3v) is 3.72. The quantitative estimate of drug-likeness (QED) is 0.814. The van der Waals surface area contributed by atoms with Gasteiger partial charge in [0.15, 0.2) is 6.04 Å². The predicted molar refractivity (Wildman–Crippen MR) is 78.0 cm³/mol. The van der Waals surface area contributed by atoms with Crippen molar-refractivity contribution in [1.82, 2.24) is 4.90 Å². The van der Waals surface area contributed by atoms with Crippen LogP contribution in [-0.2, 0) is 20.7 Å². The van der Waals surface area contributed by atoms with Crippen molar-refractivity contribution in [2.45, 2.75) is 32.2 Å². The number of carboxylic acids is 1. The molecule has 0 spiro atoms. The fourth-order valence-electron chi connectivity index (χ4n) is 2.71. The molecule has 1 aliphatic heterocycles. The summed E-state index contributed by atoms with van der Waals surface area (Å²) in [4.78, 5) is 25.4. The second-order valence-electron chi connectivity index (χ2n) is 5.08. The SMILES string of the molecule is CCOCCCC(=O)N1CCc2ccccc2C1C(=O)O. The van der Waals surface area contributed by atoms with Crippen molar-refractivity contribution in [3.8, 4) is 0 Å². The van der Waals surface area contributed by atoms with Gasteiger partial charge in [0.1, 0.15) is 0 Å². The Morgan fingerprint density at radius 3 is 2.86 bits per heavy atom. The fourth-order valence-corrected chi connectivity index (χ4v) is 2.71. The highest BCUT2D eigenvalue weighted by atomic mass is 16.5. The van der Waals surface area contributed by atoms with Crippen LogP contribution in [0.25, 0.3) is 0 Å². The Morgan fingerprint density at radius 2 is 2.14 bits per heavy atom. The van der Waals surface area contributed by atoms with Crippen molar-refractivity contribution in [1.29, 1.82) is 0 Å². The summed E-state index contributed by atoms with van der Waals surface area (Å²) in [5.41, 5.74) is 1.75. The molecule has 0 saturated carbocycles. The molecule has 2 rings (SSSR count). The van der Waals surface area contributed by atoms with Crippen LogP contribution in [0.5, 0.6) is 0 Å². The molecule has 1 amide bonds. The summed E-state index contributed by atoms with van der Waals surface area (Å²) < 4.78 is 5.21. The number of rotatable bonds is 6. The van der Waals surface area contributed by atoms with Crippen LogP contribution >= 0.6 is 0 Å². The fraction of sp³-hybridized carbons (Fsp3) is 0.500. The van der Waals surface area contributed by atoms with E-state index in [-0.39, 0.29) is 5.91 Å². The number of nitrogens with zero attached hydrogens (tertiary/aromatic N) is 1. The number of carbonyl (C=O) groups excluding carboxylic acids is 1. The Kier molecular flexibility index (Phi) is 5.33. The molecule has 21 heavy (non-hydrogen) atoms. The monoisotopic (exact) mass is 291 g/mol. The Labute approximate surface area is 124 Å². The van der Waals surface area contributed by atoms with Gasteiger partial charge in [-0.3, -0.25) is 4.79 Å². The molecule has 5 nitrogen and oxygen atoms in total. The van der Waals surface area contributed by atoms with Gasteiger partial charge < -0.3 is 14.7 Å². The average molecular weight is 291 g/mol. The van der Waals surface area contributed by atoms with E-state index in [1.807, 2.05) is 25.1 Å². The van der Waals surface area contributed by atoms with Crippen molar-refractivity contribution >= 4 is 11.9 Å². The molecular weight excluding hydrogens is 270 g/mol. The van der Waals surface area contributed by atoms with Gasteiger partial charge in [0.05, 0.1) is 0 Å². The second kappa shape index (κ2) is 7.22. The largest absolute Gasteiger partial charge is 0.479 e. The van der Waals surface area contributed by atoms with E-state index in [0.29, 0.717) is 39.0 Å². The number of hydrogen-bond donors (Lipinski definition) is 1. The van der Waals surface area contributed by atoms with Gasteiger partial charge in [0.2, 0.25) is 5.91 Å². The minimum Gasteiger partial charge on any atom is -0.479 e. The van der Waals surface area contributed by atoms with Crippen molar-refractivity contribution in [3.05, 3.63) is 35.4 Å². The highest BCUT2D eigenvalue weighted by Gasteiger charge is 2.35. The van der Waals surface area contributed by atoms with Crippen LogP contribution in [0.2, 0.25) is 0 Å². The molecule has 1 aliphatic rings. The Hall–Kier alpha value is -1.88. The highest BCUT2D eigenvalue weighted by molar-refractivity contribution is 5.85. The van der Waals surface area contributed by atoms with Crippen LogP contribution in [0.15, 0.2) is 24.3 Å². The Bertz CT molecular complexity index is 515. The van der Waals surface area contributed by atoms with E-state index in [1.165, 1.54) is 4.90 Å². The zero-order valence-corrected chi connectivity index (χ0v) is 12.2. The van der Waals surface area contributed by atoms with E-state index in [4.69, 9.17) is 4.74 Å². The molecule has 0 radical (unpaired) electrons. The summed E-state index contributed by atoms with van der Waals surface area (Å²) in [6.07, 6.45) is 1.65. The smallest absolute Gasteiger partial charge is 0.331 e. The van der Waals surface area contributed by atoms with Crippen LogP contribution in [-0.4, -0.2) is 41.6 Å². The zero-order valence-electron chi connectivity index (χ0n) is 12.2. The predicted octanol–water partition coefficient (Wildman–Crippen LogP) is 2.01. The number of benzene rings is 1. The van der Waals surface area contributed by atoms with Gasteiger partial charge in [-0.25, -0.2) is 4.79 Å². The maximum Gasteiger partial charge on any atom is 0.331 e. The number of amides is 1. The number of aliphatic carboxylic acids is 1. The van der Waals surface area contributed by atoms with Crippen molar-refractivity contribution in [2.75, 3.05) is 19.8 Å². The molecule has 0 fully saturated rings. The van der Waals surface area contributed by atoms with Gasteiger partial charge in [-0.2, -0.15) is 0 Å². The van der Waals surface area contributed by atoms with Gasteiger partial charge in [-0.15, -0.1) is 0 Å². The maximum absolute atomic E-state index is 12.3. The third-order valence-electron chi connectivity index (χ3n) is 3.72. The van der Waals surface area contributed by atoms with E-state index in [1.54, 1.807) is 6.07 Å². The van der Waals surface area contributed by atoms with E-state index < -0.39 is 12.0 Å². The standard InChI is InChI=1S/C16H21NO4/c1-2-21-11-5-8-14(18)17-10-9-12-6-3-4-7-13(12)15(17)16(19)20/h3-4,6-7,15H,2,5,8-11H2,1H3,(H,19,20). The zero-order chi connectivity index (χ0) is 15.2. The molecule has 0 aromatic heterocycles. The first-order valence-electron chi connectivity index (χ1n) is 7.33. The first kappa shape index (κ1) is 15.5. The minimum atomic E-state index is -0.972. The van der Waals surface area contributed by atoms with E-state index in [9.17, 15) is 14.7 Å². The second-order valence-corrected chi connectivity index (χ2v) is 5.08. The molecular formula is C16H21NO4. The topological polar surface area (TPSA) is 66.8 Å². The normalized spacial score (nSPS) is 17.4. The summed E-state index contributed by atoms with van der Waals surface area (Å²) in [5.74, 6) is -1.09. The molecule has 1 aromatic rings. The van der Waals surface area contributed by atoms with Crippen LogP contribution in [0.4, 0.5) is 0 Å². The van der Waals surface area contributed by atoms with E-state index in [2.05, 4.69) is 0 Å². The number of carbonyl (C=O) groups is 2. The molecule has 5 heteroatoms. The van der Waals surface area contributed by atoms with Gasteiger partial charge in [-0.1, -0.05) is 24.3 Å². The molecule has 0 bridgehead atoms. The molecule has 1 atom stereocenters. The molecule has 0 saturated heterocycles. The average Bonchev–Trinajstić information content (AvgIpc) is 2.50. The summed E-state index contributed by atoms with van der Waals surface area (Å²) in [5, 5.41) is 9.50. The molecule has 0 aliphatic carbocycles. The van der Waals surface area contributed by atoms with Crippen molar-refractivity contribution in [3.63, 3.8) is 0 Å². The summed E-state index contributed by atoms with van der Waals surface area (Å²) in [7, 11) is 0. The molecule has 1 aromatic carbocycles. The summed E-state index contributed by atoms with van der Waals surface area (Å²) in [6, 6.07) is 6.58. The third kappa shape index (κ3) is 3.61. The van der Waals surface area contributed by atoms with Crippen molar-refractivity contribution in [2.24, 2.45) is 0 Å². The van der Waals surface area contributed by atoms with Crippen molar-refractivity contribution < 1.29 is 19.4 Å². The Balaban J connectivity index is 2.09. The Morgan fingerprint density at radius 1 is 1.38 bits per heavy atom. The lowest BCUT2D eigenvalue weighted by molar-refractivity contribution is -0.151. The summed E-state index contributed by atoms with van der Waals surface area (Å²) in [6.45, 7) is 3.53. The van der Waals surface area contributed by atoms with Crippen LogP contribution in [0.1, 0.15) is 36.9 Å². The first-order chi connectivity index (χ1) is 10.1. The van der Waals surface area contributed by atoms with Gasteiger partial charge in [0.25, 0.3) is 0 Å². The number of carboxylic acid groups (broad SMARTS) is 1. The van der Waals surface area contributed by atoms with Gasteiger partial charge >= 0.3 is 5.97 Å². The molecule has 1 N–H and O–H groups in total. The molecule has 1 heterocycles. The lowest BCUT2D eigenvalue weighted by atomic mass is 9.92. The van der Waals surface area contributed by atoms with Crippen LogP contribution in [0, 0.1) is 0 Å².